The Morgan fingerprint density at radius 1 is 1.33 bits per heavy atom. The Hall–Kier alpha value is -1.77. The van der Waals surface area contributed by atoms with Crippen LogP contribution in [0.4, 0.5) is 5.69 Å². The van der Waals surface area contributed by atoms with Gasteiger partial charge in [0.1, 0.15) is 6.61 Å². The standard InChI is InChI=1S/C15H19NO2/c1-10(9-18-11(2)17)14-5-3-4-12-8-13(16)6-7-15(12)14/h6-8H,3-5,9,16H2,1-2H3/b14-10+. The number of nitrogen functional groups attached to an aromatic ring is 1. The summed E-state index contributed by atoms with van der Waals surface area (Å²) in [5.41, 5.74) is 11.6. The molecule has 0 spiro atoms. The molecule has 1 aliphatic carbocycles. The Bertz CT molecular complexity index is 503. The Labute approximate surface area is 108 Å². The van der Waals surface area contributed by atoms with Crippen molar-refractivity contribution in [3.05, 3.63) is 34.9 Å². The van der Waals surface area contributed by atoms with Crippen molar-refractivity contribution in [3.63, 3.8) is 0 Å². The first-order valence-electron chi connectivity index (χ1n) is 6.28. The molecule has 1 aromatic carbocycles. The molecule has 0 amide bonds. The van der Waals surface area contributed by atoms with Crippen LogP contribution in [0.5, 0.6) is 0 Å². The molecular weight excluding hydrogens is 226 g/mol. The topological polar surface area (TPSA) is 52.3 Å². The van der Waals surface area contributed by atoms with Crippen LogP contribution >= 0.6 is 0 Å². The van der Waals surface area contributed by atoms with Crippen molar-refractivity contribution in [3.8, 4) is 0 Å². The molecule has 0 aromatic heterocycles. The molecule has 1 aromatic rings. The molecule has 0 aliphatic heterocycles. The van der Waals surface area contributed by atoms with E-state index in [0.29, 0.717) is 6.61 Å². The van der Waals surface area contributed by atoms with Gasteiger partial charge in [0.2, 0.25) is 0 Å². The molecule has 3 nitrogen and oxygen atoms in total. The van der Waals surface area contributed by atoms with Gasteiger partial charge in [-0.25, -0.2) is 0 Å². The van der Waals surface area contributed by atoms with E-state index in [0.717, 1.165) is 30.5 Å². The van der Waals surface area contributed by atoms with Crippen molar-refractivity contribution >= 4 is 17.2 Å². The lowest BCUT2D eigenvalue weighted by Crippen LogP contribution is -2.08. The number of nitrogens with two attached hydrogens (primary N) is 1. The van der Waals surface area contributed by atoms with Gasteiger partial charge in [-0.05, 0) is 60.6 Å². The van der Waals surface area contributed by atoms with E-state index in [1.54, 1.807) is 0 Å². The normalized spacial score (nSPS) is 17.0. The number of ether oxygens (including phenoxy) is 1. The largest absolute Gasteiger partial charge is 0.461 e. The molecule has 0 unspecified atom stereocenters. The number of aryl methyl sites for hydroxylation is 1. The highest BCUT2D eigenvalue weighted by Gasteiger charge is 2.16. The number of hydrogen-bond acceptors (Lipinski definition) is 3. The number of anilines is 1. The molecule has 0 saturated heterocycles. The van der Waals surface area contributed by atoms with Gasteiger partial charge in [-0.2, -0.15) is 0 Å². The molecular formula is C15H19NO2. The molecule has 0 heterocycles. The molecule has 2 rings (SSSR count). The average molecular weight is 245 g/mol. The first-order valence-corrected chi connectivity index (χ1v) is 6.28. The zero-order valence-corrected chi connectivity index (χ0v) is 11.0. The Morgan fingerprint density at radius 2 is 2.11 bits per heavy atom. The van der Waals surface area contributed by atoms with E-state index in [4.69, 9.17) is 10.5 Å². The molecule has 0 bridgehead atoms. The smallest absolute Gasteiger partial charge is 0.302 e. The summed E-state index contributed by atoms with van der Waals surface area (Å²) in [6.45, 7) is 3.85. The van der Waals surface area contributed by atoms with E-state index in [1.165, 1.54) is 23.6 Å². The maximum atomic E-state index is 10.9. The van der Waals surface area contributed by atoms with Crippen LogP contribution in [0.1, 0.15) is 37.8 Å². The number of benzene rings is 1. The molecule has 2 N–H and O–H groups in total. The fourth-order valence-electron chi connectivity index (χ4n) is 2.45. The molecule has 18 heavy (non-hydrogen) atoms. The summed E-state index contributed by atoms with van der Waals surface area (Å²) in [6.07, 6.45) is 3.25. The predicted octanol–water partition coefficient (Wildman–Crippen LogP) is 2.94. The van der Waals surface area contributed by atoms with Gasteiger partial charge in [-0.15, -0.1) is 0 Å². The van der Waals surface area contributed by atoms with Crippen molar-refractivity contribution in [2.75, 3.05) is 12.3 Å². The summed E-state index contributed by atoms with van der Waals surface area (Å²) >= 11 is 0. The van der Waals surface area contributed by atoms with Gasteiger partial charge in [0, 0.05) is 12.6 Å². The minimum absolute atomic E-state index is 0.233. The van der Waals surface area contributed by atoms with Crippen LogP contribution in [0.25, 0.3) is 5.57 Å². The van der Waals surface area contributed by atoms with E-state index in [9.17, 15) is 4.79 Å². The number of carbonyl (C=O) groups is 1. The van der Waals surface area contributed by atoms with Gasteiger partial charge in [0.05, 0.1) is 0 Å². The summed E-state index contributed by atoms with van der Waals surface area (Å²) in [6, 6.07) is 6.06. The quantitative estimate of drug-likeness (QED) is 0.643. The number of hydrogen-bond donors (Lipinski definition) is 1. The molecule has 0 fully saturated rings. The second kappa shape index (κ2) is 5.25. The molecule has 0 saturated carbocycles. The van der Waals surface area contributed by atoms with Crippen LogP contribution in [0.15, 0.2) is 23.8 Å². The summed E-state index contributed by atoms with van der Waals surface area (Å²) in [5.74, 6) is -0.233. The van der Waals surface area contributed by atoms with Gasteiger partial charge in [0.15, 0.2) is 0 Å². The third kappa shape index (κ3) is 2.73. The molecule has 0 radical (unpaired) electrons. The summed E-state index contributed by atoms with van der Waals surface area (Å²) in [4.78, 5) is 10.9. The molecule has 0 atom stereocenters. The molecule has 1 aliphatic rings. The van der Waals surface area contributed by atoms with Crippen molar-refractivity contribution in [1.29, 1.82) is 0 Å². The van der Waals surface area contributed by atoms with Gasteiger partial charge in [0.25, 0.3) is 0 Å². The van der Waals surface area contributed by atoms with E-state index >= 15 is 0 Å². The van der Waals surface area contributed by atoms with Gasteiger partial charge in [-0.3, -0.25) is 4.79 Å². The number of allylic oxidation sites excluding steroid dienone is 1. The highest BCUT2D eigenvalue weighted by Crippen LogP contribution is 2.34. The lowest BCUT2D eigenvalue weighted by atomic mass is 9.85. The van der Waals surface area contributed by atoms with Gasteiger partial charge < -0.3 is 10.5 Å². The van der Waals surface area contributed by atoms with Crippen LogP contribution in [-0.2, 0) is 16.0 Å². The Kier molecular flexibility index (Phi) is 3.70. The second-order valence-corrected chi connectivity index (χ2v) is 4.81. The minimum Gasteiger partial charge on any atom is -0.461 e. The fraction of sp³-hybridized carbons (Fsp3) is 0.400. The molecule has 3 heteroatoms. The van der Waals surface area contributed by atoms with Crippen molar-refractivity contribution < 1.29 is 9.53 Å². The fourth-order valence-corrected chi connectivity index (χ4v) is 2.45. The summed E-state index contributed by atoms with van der Waals surface area (Å²) in [5, 5.41) is 0. The van der Waals surface area contributed by atoms with Crippen LogP contribution in [-0.4, -0.2) is 12.6 Å². The van der Waals surface area contributed by atoms with Gasteiger partial charge >= 0.3 is 5.97 Å². The number of fused-ring (bicyclic) bond motifs is 1. The lowest BCUT2D eigenvalue weighted by Gasteiger charge is -2.22. The number of carbonyl (C=O) groups excluding carboxylic acids is 1. The van der Waals surface area contributed by atoms with Gasteiger partial charge in [-0.1, -0.05) is 6.07 Å². The van der Waals surface area contributed by atoms with Crippen LogP contribution in [0, 0.1) is 0 Å². The highest BCUT2D eigenvalue weighted by molar-refractivity contribution is 5.74. The maximum Gasteiger partial charge on any atom is 0.302 e. The van der Waals surface area contributed by atoms with Crippen LogP contribution in [0.2, 0.25) is 0 Å². The Morgan fingerprint density at radius 3 is 2.83 bits per heavy atom. The van der Waals surface area contributed by atoms with Crippen LogP contribution in [0.3, 0.4) is 0 Å². The maximum absolute atomic E-state index is 10.9. The Balaban J connectivity index is 2.31. The number of esters is 1. The van der Waals surface area contributed by atoms with E-state index < -0.39 is 0 Å². The second-order valence-electron chi connectivity index (χ2n) is 4.81. The SMILES string of the molecule is CC(=O)OC/C(C)=C1\CCCc2cc(N)ccc21. The summed E-state index contributed by atoms with van der Waals surface area (Å²) in [7, 11) is 0. The first kappa shape index (κ1) is 12.7. The van der Waals surface area contributed by atoms with E-state index in [-0.39, 0.29) is 5.97 Å². The zero-order chi connectivity index (χ0) is 13.1. The highest BCUT2D eigenvalue weighted by atomic mass is 16.5. The van der Waals surface area contributed by atoms with Crippen molar-refractivity contribution in [2.24, 2.45) is 0 Å². The third-order valence-electron chi connectivity index (χ3n) is 3.33. The first-order chi connectivity index (χ1) is 8.58. The van der Waals surface area contributed by atoms with E-state index in [1.807, 2.05) is 19.1 Å². The molecule has 96 valence electrons. The van der Waals surface area contributed by atoms with Crippen molar-refractivity contribution in [1.82, 2.24) is 0 Å². The zero-order valence-electron chi connectivity index (χ0n) is 11.0. The van der Waals surface area contributed by atoms with E-state index in [2.05, 4.69) is 6.07 Å². The predicted molar refractivity (Wildman–Crippen MR) is 73.0 cm³/mol. The minimum atomic E-state index is -0.233. The summed E-state index contributed by atoms with van der Waals surface area (Å²) < 4.78 is 5.07. The monoisotopic (exact) mass is 245 g/mol. The average Bonchev–Trinajstić information content (AvgIpc) is 2.34. The lowest BCUT2D eigenvalue weighted by molar-refractivity contribution is -0.139. The third-order valence-corrected chi connectivity index (χ3v) is 3.33. The number of rotatable bonds is 2. The van der Waals surface area contributed by atoms with Crippen molar-refractivity contribution in [2.45, 2.75) is 33.1 Å². The van der Waals surface area contributed by atoms with Crippen LogP contribution < -0.4 is 5.73 Å².